The highest BCUT2D eigenvalue weighted by Crippen LogP contribution is 2.26. The van der Waals surface area contributed by atoms with Crippen molar-refractivity contribution in [2.75, 3.05) is 32.8 Å². The van der Waals surface area contributed by atoms with E-state index in [1.165, 1.54) is 0 Å². The van der Waals surface area contributed by atoms with Gasteiger partial charge in [0.25, 0.3) is 5.91 Å². The van der Waals surface area contributed by atoms with Crippen molar-refractivity contribution < 1.29 is 14.3 Å². The Hall–Kier alpha value is -2.24. The third-order valence-electron chi connectivity index (χ3n) is 4.49. The number of aryl methyl sites for hydroxylation is 1. The van der Waals surface area contributed by atoms with E-state index >= 15 is 0 Å². The molecule has 1 aromatic carbocycles. The molecule has 0 unspecified atom stereocenters. The Balaban J connectivity index is 1.59. The first-order valence-electron chi connectivity index (χ1n) is 8.95. The molecule has 0 bridgehead atoms. The molecular weight excluding hydrogens is 318 g/mol. The fourth-order valence-corrected chi connectivity index (χ4v) is 3.19. The summed E-state index contributed by atoms with van der Waals surface area (Å²) in [7, 11) is 0. The normalized spacial score (nSPS) is 17.6. The van der Waals surface area contributed by atoms with Gasteiger partial charge in [-0.1, -0.05) is 0 Å². The number of carbonyl (C=O) groups excluding carboxylic acids is 2. The number of carbonyl (C=O) groups is 2. The first-order chi connectivity index (χ1) is 11.8. The molecule has 1 fully saturated rings. The highest BCUT2D eigenvalue weighted by Gasteiger charge is 2.27. The lowest BCUT2D eigenvalue weighted by atomic mass is 10.0. The minimum atomic E-state index is -0.255. The number of amides is 3. The van der Waals surface area contributed by atoms with Gasteiger partial charge in [-0.3, -0.25) is 4.79 Å². The van der Waals surface area contributed by atoms with Crippen LogP contribution in [0.25, 0.3) is 0 Å². The molecule has 2 aliphatic rings. The zero-order valence-corrected chi connectivity index (χ0v) is 15.3. The van der Waals surface area contributed by atoms with Gasteiger partial charge in [0.1, 0.15) is 5.75 Å². The van der Waals surface area contributed by atoms with Crippen molar-refractivity contribution in [3.63, 3.8) is 0 Å². The minimum Gasteiger partial charge on any atom is -0.493 e. The lowest BCUT2D eigenvalue weighted by Crippen LogP contribution is -2.56. The highest BCUT2D eigenvalue weighted by molar-refractivity contribution is 5.94. The molecule has 1 saturated heterocycles. The number of piperazine rings is 1. The summed E-state index contributed by atoms with van der Waals surface area (Å²) in [6.07, 6.45) is 1.95. The van der Waals surface area contributed by atoms with Gasteiger partial charge in [0.2, 0.25) is 0 Å². The Morgan fingerprint density at radius 1 is 1.08 bits per heavy atom. The van der Waals surface area contributed by atoms with E-state index in [-0.39, 0.29) is 17.5 Å². The molecule has 3 amide bonds. The summed E-state index contributed by atoms with van der Waals surface area (Å²) in [6, 6.07) is 5.63. The molecule has 0 atom stereocenters. The molecule has 6 nitrogen and oxygen atoms in total. The fourth-order valence-electron chi connectivity index (χ4n) is 3.19. The van der Waals surface area contributed by atoms with Gasteiger partial charge in [0.15, 0.2) is 0 Å². The van der Waals surface area contributed by atoms with Crippen molar-refractivity contribution in [3.05, 3.63) is 29.3 Å². The molecule has 0 radical (unpaired) electrons. The molecule has 0 aromatic heterocycles. The van der Waals surface area contributed by atoms with Crippen LogP contribution in [0.15, 0.2) is 18.2 Å². The van der Waals surface area contributed by atoms with Crippen LogP contribution in [-0.2, 0) is 6.42 Å². The van der Waals surface area contributed by atoms with E-state index in [1.54, 1.807) is 4.90 Å². The largest absolute Gasteiger partial charge is 0.493 e. The van der Waals surface area contributed by atoms with Gasteiger partial charge in [-0.25, -0.2) is 4.79 Å². The molecule has 25 heavy (non-hydrogen) atoms. The zero-order valence-electron chi connectivity index (χ0n) is 15.3. The van der Waals surface area contributed by atoms with Crippen LogP contribution >= 0.6 is 0 Å². The average Bonchev–Trinajstić information content (AvgIpc) is 2.59. The lowest BCUT2D eigenvalue weighted by Gasteiger charge is -2.36. The second-order valence-electron chi connectivity index (χ2n) is 7.73. The number of rotatable bonds is 1. The topological polar surface area (TPSA) is 61.9 Å². The van der Waals surface area contributed by atoms with Crippen molar-refractivity contribution >= 4 is 11.9 Å². The predicted molar refractivity (Wildman–Crippen MR) is 96.0 cm³/mol. The Morgan fingerprint density at radius 2 is 1.76 bits per heavy atom. The van der Waals surface area contributed by atoms with E-state index in [0.717, 1.165) is 30.8 Å². The van der Waals surface area contributed by atoms with Gasteiger partial charge < -0.3 is 19.9 Å². The smallest absolute Gasteiger partial charge is 0.317 e. The van der Waals surface area contributed by atoms with Gasteiger partial charge in [0, 0.05) is 37.3 Å². The van der Waals surface area contributed by atoms with Crippen LogP contribution in [0.1, 0.15) is 43.1 Å². The molecule has 1 N–H and O–H groups in total. The number of ether oxygens (including phenoxy) is 1. The van der Waals surface area contributed by atoms with Crippen molar-refractivity contribution in [1.82, 2.24) is 15.1 Å². The SMILES string of the molecule is CC(C)(C)NC(=O)N1CCN(C(=O)c2ccc3c(c2)CCCO3)CC1. The molecule has 1 aromatic rings. The van der Waals surface area contributed by atoms with Gasteiger partial charge in [-0.15, -0.1) is 0 Å². The van der Waals surface area contributed by atoms with Crippen molar-refractivity contribution in [2.24, 2.45) is 0 Å². The van der Waals surface area contributed by atoms with E-state index in [2.05, 4.69) is 5.32 Å². The first kappa shape index (κ1) is 17.6. The van der Waals surface area contributed by atoms with Crippen molar-refractivity contribution in [1.29, 1.82) is 0 Å². The van der Waals surface area contributed by atoms with Gasteiger partial charge in [0.05, 0.1) is 6.61 Å². The van der Waals surface area contributed by atoms with Crippen LogP contribution in [0.4, 0.5) is 4.79 Å². The monoisotopic (exact) mass is 345 g/mol. The Labute approximate surface area is 149 Å². The summed E-state index contributed by atoms with van der Waals surface area (Å²) >= 11 is 0. The maximum atomic E-state index is 12.8. The first-order valence-corrected chi connectivity index (χ1v) is 8.95. The van der Waals surface area contributed by atoms with Crippen molar-refractivity contribution in [2.45, 2.75) is 39.2 Å². The van der Waals surface area contributed by atoms with E-state index in [9.17, 15) is 9.59 Å². The molecule has 0 saturated carbocycles. The van der Waals surface area contributed by atoms with Crippen LogP contribution in [0.3, 0.4) is 0 Å². The second kappa shape index (κ2) is 6.94. The fraction of sp³-hybridized carbons (Fsp3) is 0.579. The Morgan fingerprint density at radius 3 is 2.44 bits per heavy atom. The van der Waals surface area contributed by atoms with E-state index in [1.807, 2.05) is 43.9 Å². The van der Waals surface area contributed by atoms with E-state index in [0.29, 0.717) is 31.7 Å². The molecule has 2 aliphatic heterocycles. The zero-order chi connectivity index (χ0) is 18.0. The van der Waals surface area contributed by atoms with E-state index in [4.69, 9.17) is 4.74 Å². The Kier molecular flexibility index (Phi) is 4.88. The maximum absolute atomic E-state index is 12.8. The standard InChI is InChI=1S/C19H27N3O3/c1-19(2,3)20-18(24)22-10-8-21(9-11-22)17(23)15-6-7-16-14(13-15)5-4-12-25-16/h6-7,13H,4-5,8-12H2,1-3H3,(H,20,24). The van der Waals surface area contributed by atoms with Gasteiger partial charge in [-0.2, -0.15) is 0 Å². The summed E-state index contributed by atoms with van der Waals surface area (Å²) in [5, 5.41) is 2.97. The average molecular weight is 345 g/mol. The van der Waals surface area contributed by atoms with Crippen molar-refractivity contribution in [3.8, 4) is 5.75 Å². The molecule has 136 valence electrons. The maximum Gasteiger partial charge on any atom is 0.317 e. The minimum absolute atomic E-state index is 0.0317. The number of benzene rings is 1. The third-order valence-corrected chi connectivity index (χ3v) is 4.49. The van der Waals surface area contributed by atoms with Crippen LogP contribution in [0, 0.1) is 0 Å². The van der Waals surface area contributed by atoms with Crippen LogP contribution < -0.4 is 10.1 Å². The number of fused-ring (bicyclic) bond motifs is 1. The number of urea groups is 1. The summed E-state index contributed by atoms with van der Waals surface area (Å²) in [5.41, 5.74) is 1.56. The van der Waals surface area contributed by atoms with Crippen LogP contribution in [0.5, 0.6) is 5.75 Å². The molecule has 3 rings (SSSR count). The summed E-state index contributed by atoms with van der Waals surface area (Å²) < 4.78 is 5.61. The summed E-state index contributed by atoms with van der Waals surface area (Å²) in [6.45, 7) is 8.87. The van der Waals surface area contributed by atoms with E-state index < -0.39 is 0 Å². The molecule has 0 aliphatic carbocycles. The summed E-state index contributed by atoms with van der Waals surface area (Å²) in [4.78, 5) is 28.6. The number of nitrogens with one attached hydrogen (secondary N) is 1. The Bertz CT molecular complexity index is 658. The molecule has 6 heteroatoms. The third kappa shape index (κ3) is 4.24. The quantitative estimate of drug-likeness (QED) is 0.849. The van der Waals surface area contributed by atoms with Gasteiger partial charge in [-0.05, 0) is 57.4 Å². The highest BCUT2D eigenvalue weighted by atomic mass is 16.5. The number of hydrogen-bond acceptors (Lipinski definition) is 3. The molecular formula is C19H27N3O3. The number of hydrogen-bond donors (Lipinski definition) is 1. The molecule has 2 heterocycles. The van der Waals surface area contributed by atoms with Crippen LogP contribution in [-0.4, -0.2) is 60.1 Å². The predicted octanol–water partition coefficient (Wildman–Crippen LogP) is 2.28. The number of nitrogens with zero attached hydrogens (tertiary/aromatic N) is 2. The van der Waals surface area contributed by atoms with Crippen LogP contribution in [0.2, 0.25) is 0 Å². The lowest BCUT2D eigenvalue weighted by molar-refractivity contribution is 0.0661. The second-order valence-corrected chi connectivity index (χ2v) is 7.73. The summed E-state index contributed by atoms with van der Waals surface area (Å²) in [5.74, 6) is 0.927. The molecule has 0 spiro atoms. The van der Waals surface area contributed by atoms with Gasteiger partial charge >= 0.3 is 6.03 Å².